The lowest BCUT2D eigenvalue weighted by Gasteiger charge is -2.36. The average molecular weight is 328 g/mol. The first kappa shape index (κ1) is 16.9. The Hall–Kier alpha value is -1.92. The van der Waals surface area contributed by atoms with Crippen LogP contribution in [0, 0.1) is 0 Å². The standard InChI is InChI=1S/C18H28N6/c1-3-23-16-19-20-18(23)15-21(2)9-10-22-11-13-24(14-12-22)17-7-5-4-6-8-17/h4-8,16H,3,9-15H2,1-2H3. The molecule has 0 spiro atoms. The number of rotatable bonds is 7. The highest BCUT2D eigenvalue weighted by Crippen LogP contribution is 2.15. The lowest BCUT2D eigenvalue weighted by atomic mass is 10.2. The number of aryl methyl sites for hydroxylation is 1. The van der Waals surface area contributed by atoms with E-state index in [1.807, 2.05) is 6.33 Å². The Balaban J connectivity index is 1.40. The first-order valence-electron chi connectivity index (χ1n) is 8.84. The Morgan fingerprint density at radius 1 is 1.08 bits per heavy atom. The van der Waals surface area contributed by atoms with Crippen LogP contribution in [0.1, 0.15) is 12.7 Å². The minimum Gasteiger partial charge on any atom is -0.369 e. The molecule has 6 heteroatoms. The van der Waals surface area contributed by atoms with Crippen molar-refractivity contribution in [2.75, 3.05) is 51.2 Å². The molecule has 1 fully saturated rings. The zero-order valence-corrected chi connectivity index (χ0v) is 14.8. The third-order valence-electron chi connectivity index (χ3n) is 4.74. The molecule has 24 heavy (non-hydrogen) atoms. The highest BCUT2D eigenvalue weighted by molar-refractivity contribution is 5.46. The van der Waals surface area contributed by atoms with Crippen LogP contribution in [0.15, 0.2) is 36.7 Å². The fourth-order valence-corrected chi connectivity index (χ4v) is 3.17. The van der Waals surface area contributed by atoms with Crippen LogP contribution in [0.5, 0.6) is 0 Å². The summed E-state index contributed by atoms with van der Waals surface area (Å²) in [6, 6.07) is 10.7. The van der Waals surface area contributed by atoms with Crippen LogP contribution in [-0.4, -0.2) is 70.9 Å². The SMILES string of the molecule is CCn1cnnc1CN(C)CCN1CCN(c2ccccc2)CC1. The van der Waals surface area contributed by atoms with E-state index in [4.69, 9.17) is 0 Å². The van der Waals surface area contributed by atoms with Crippen molar-refractivity contribution in [1.82, 2.24) is 24.6 Å². The van der Waals surface area contributed by atoms with Crippen LogP contribution in [0.3, 0.4) is 0 Å². The first-order chi connectivity index (χ1) is 11.8. The Kier molecular flexibility index (Phi) is 5.82. The van der Waals surface area contributed by atoms with Gasteiger partial charge in [-0.3, -0.25) is 9.80 Å². The van der Waals surface area contributed by atoms with E-state index in [-0.39, 0.29) is 0 Å². The summed E-state index contributed by atoms with van der Waals surface area (Å²) in [6.07, 6.45) is 1.81. The summed E-state index contributed by atoms with van der Waals surface area (Å²) in [4.78, 5) is 7.37. The average Bonchev–Trinajstić information content (AvgIpc) is 3.08. The molecule has 0 radical (unpaired) electrons. The van der Waals surface area contributed by atoms with Crippen LogP contribution in [0.4, 0.5) is 5.69 Å². The number of piperazine rings is 1. The van der Waals surface area contributed by atoms with Gasteiger partial charge in [-0.15, -0.1) is 10.2 Å². The van der Waals surface area contributed by atoms with Crippen molar-refractivity contribution in [3.63, 3.8) is 0 Å². The van der Waals surface area contributed by atoms with E-state index in [0.29, 0.717) is 0 Å². The van der Waals surface area contributed by atoms with E-state index in [1.54, 1.807) is 0 Å². The minimum atomic E-state index is 0.859. The van der Waals surface area contributed by atoms with Gasteiger partial charge in [-0.2, -0.15) is 0 Å². The van der Waals surface area contributed by atoms with E-state index in [0.717, 1.165) is 58.2 Å². The molecule has 3 rings (SSSR count). The summed E-state index contributed by atoms with van der Waals surface area (Å²) < 4.78 is 2.11. The van der Waals surface area contributed by atoms with E-state index >= 15 is 0 Å². The number of likely N-dealkylation sites (N-methyl/N-ethyl adjacent to an activating group) is 1. The third kappa shape index (κ3) is 4.33. The van der Waals surface area contributed by atoms with Crippen molar-refractivity contribution >= 4 is 5.69 Å². The van der Waals surface area contributed by atoms with Crippen molar-refractivity contribution in [2.45, 2.75) is 20.0 Å². The molecule has 6 nitrogen and oxygen atoms in total. The number of aromatic nitrogens is 3. The van der Waals surface area contributed by atoms with Crippen molar-refractivity contribution in [2.24, 2.45) is 0 Å². The lowest BCUT2D eigenvalue weighted by molar-refractivity contribution is 0.209. The molecule has 0 atom stereocenters. The van der Waals surface area contributed by atoms with Gasteiger partial charge >= 0.3 is 0 Å². The summed E-state index contributed by atoms with van der Waals surface area (Å²) in [6.45, 7) is 10.6. The number of nitrogens with zero attached hydrogens (tertiary/aromatic N) is 6. The Bertz CT molecular complexity index is 603. The molecule has 1 aromatic carbocycles. The van der Waals surface area contributed by atoms with Crippen LogP contribution >= 0.6 is 0 Å². The molecule has 1 aliphatic heterocycles. The molecule has 0 bridgehead atoms. The molecule has 130 valence electrons. The van der Waals surface area contributed by atoms with E-state index in [1.165, 1.54) is 5.69 Å². The maximum Gasteiger partial charge on any atom is 0.146 e. The number of hydrogen-bond acceptors (Lipinski definition) is 5. The molecule has 0 N–H and O–H groups in total. The van der Waals surface area contributed by atoms with Crippen LogP contribution in [0.2, 0.25) is 0 Å². The van der Waals surface area contributed by atoms with Gasteiger partial charge in [0.1, 0.15) is 12.2 Å². The van der Waals surface area contributed by atoms with Crippen LogP contribution in [0.25, 0.3) is 0 Å². The lowest BCUT2D eigenvalue weighted by Crippen LogP contribution is -2.48. The largest absolute Gasteiger partial charge is 0.369 e. The summed E-state index contributed by atoms with van der Waals surface area (Å²) >= 11 is 0. The van der Waals surface area contributed by atoms with Gasteiger partial charge in [-0.25, -0.2) is 0 Å². The van der Waals surface area contributed by atoms with E-state index in [2.05, 4.69) is 73.8 Å². The van der Waals surface area contributed by atoms with Gasteiger partial charge in [-0.1, -0.05) is 18.2 Å². The molecule has 2 heterocycles. The third-order valence-corrected chi connectivity index (χ3v) is 4.74. The second-order valence-electron chi connectivity index (χ2n) is 6.44. The van der Waals surface area contributed by atoms with E-state index < -0.39 is 0 Å². The molecular weight excluding hydrogens is 300 g/mol. The second kappa shape index (κ2) is 8.26. The van der Waals surface area contributed by atoms with Gasteiger partial charge < -0.3 is 9.47 Å². The van der Waals surface area contributed by atoms with E-state index in [9.17, 15) is 0 Å². The second-order valence-corrected chi connectivity index (χ2v) is 6.44. The smallest absolute Gasteiger partial charge is 0.146 e. The summed E-state index contributed by atoms with van der Waals surface area (Å²) in [5.74, 6) is 1.05. The maximum atomic E-state index is 4.22. The predicted molar refractivity (Wildman–Crippen MR) is 97.1 cm³/mol. The van der Waals surface area contributed by atoms with Gasteiger partial charge in [0.15, 0.2) is 0 Å². The van der Waals surface area contributed by atoms with Crippen molar-refractivity contribution < 1.29 is 0 Å². The zero-order valence-electron chi connectivity index (χ0n) is 14.8. The molecule has 1 saturated heterocycles. The van der Waals surface area contributed by atoms with Gasteiger partial charge in [0.2, 0.25) is 0 Å². The van der Waals surface area contributed by atoms with Crippen LogP contribution in [-0.2, 0) is 13.1 Å². The Morgan fingerprint density at radius 3 is 2.54 bits per heavy atom. The van der Waals surface area contributed by atoms with Gasteiger partial charge in [0.25, 0.3) is 0 Å². The molecule has 0 amide bonds. The Labute approximate surface area is 144 Å². The Morgan fingerprint density at radius 2 is 1.83 bits per heavy atom. The molecule has 0 aliphatic carbocycles. The number of para-hydroxylation sites is 1. The number of hydrogen-bond donors (Lipinski definition) is 0. The molecule has 1 aromatic heterocycles. The summed E-state index contributed by atoms with van der Waals surface area (Å²) in [7, 11) is 2.16. The highest BCUT2D eigenvalue weighted by atomic mass is 15.3. The normalized spacial score (nSPS) is 16.0. The molecular formula is C18H28N6. The maximum absolute atomic E-state index is 4.22. The summed E-state index contributed by atoms with van der Waals surface area (Å²) in [5, 5.41) is 8.22. The number of anilines is 1. The zero-order chi connectivity index (χ0) is 16.8. The first-order valence-corrected chi connectivity index (χ1v) is 8.84. The quantitative estimate of drug-likeness (QED) is 0.771. The number of benzene rings is 1. The van der Waals surface area contributed by atoms with Crippen molar-refractivity contribution in [1.29, 1.82) is 0 Å². The molecule has 1 aliphatic rings. The predicted octanol–water partition coefficient (Wildman–Crippen LogP) is 1.55. The van der Waals surface area contributed by atoms with Gasteiger partial charge in [0.05, 0.1) is 6.54 Å². The summed E-state index contributed by atoms with van der Waals surface area (Å²) in [5.41, 5.74) is 1.34. The minimum absolute atomic E-state index is 0.859. The molecule has 2 aromatic rings. The topological polar surface area (TPSA) is 40.4 Å². The van der Waals surface area contributed by atoms with Crippen molar-refractivity contribution in [3.05, 3.63) is 42.5 Å². The monoisotopic (exact) mass is 328 g/mol. The van der Waals surface area contributed by atoms with Gasteiger partial charge in [0, 0.05) is 51.5 Å². The van der Waals surface area contributed by atoms with Crippen LogP contribution < -0.4 is 4.90 Å². The van der Waals surface area contributed by atoms with Gasteiger partial charge in [-0.05, 0) is 26.1 Å². The highest BCUT2D eigenvalue weighted by Gasteiger charge is 2.17. The molecule has 0 unspecified atom stereocenters. The fourth-order valence-electron chi connectivity index (χ4n) is 3.17. The molecule has 0 saturated carbocycles. The van der Waals surface area contributed by atoms with Crippen molar-refractivity contribution in [3.8, 4) is 0 Å². The fraction of sp³-hybridized carbons (Fsp3) is 0.556.